The first-order chi connectivity index (χ1) is 10.7. The molecule has 2 heterocycles. The van der Waals surface area contributed by atoms with E-state index >= 15 is 0 Å². The number of fused-ring (bicyclic) bond motifs is 1. The molecule has 0 N–H and O–H groups in total. The van der Waals surface area contributed by atoms with Crippen molar-refractivity contribution >= 4 is 37.5 Å². The average molecular weight is 379 g/mol. The highest BCUT2D eigenvalue weighted by atomic mass is 79.9. The van der Waals surface area contributed by atoms with Crippen LogP contribution in [0.5, 0.6) is 0 Å². The van der Waals surface area contributed by atoms with Gasteiger partial charge in [-0.1, -0.05) is 35.0 Å². The fourth-order valence-corrected chi connectivity index (χ4v) is 3.83. The molecule has 0 aliphatic carbocycles. The van der Waals surface area contributed by atoms with Crippen molar-refractivity contribution < 1.29 is 4.74 Å². The molecule has 0 bridgehead atoms. The molecule has 0 unspecified atom stereocenters. The standard InChI is InChI=1S/C16H15BrN2O2S/c1-3-12-13(10-4-6-11(17)7-5-10)14-15(22-12)18-8-19(9-21-2)16(14)20/h4-8H,3,9H2,1-2H3. The maximum Gasteiger partial charge on any atom is 0.264 e. The summed E-state index contributed by atoms with van der Waals surface area (Å²) in [6, 6.07) is 8.03. The Morgan fingerprint density at radius 1 is 1.32 bits per heavy atom. The SMILES string of the molecule is CCc1sc2ncn(COC)c(=O)c2c1-c1ccc(Br)cc1. The molecule has 0 fully saturated rings. The number of nitrogens with zero attached hydrogens (tertiary/aromatic N) is 2. The molecule has 0 saturated heterocycles. The molecule has 0 spiro atoms. The minimum atomic E-state index is -0.0549. The Morgan fingerprint density at radius 2 is 2.05 bits per heavy atom. The van der Waals surface area contributed by atoms with E-state index in [1.807, 2.05) is 24.3 Å². The molecule has 114 valence electrons. The fourth-order valence-electron chi connectivity index (χ4n) is 2.47. The van der Waals surface area contributed by atoms with Gasteiger partial charge in [-0.25, -0.2) is 4.98 Å². The molecule has 1 aromatic carbocycles. The Morgan fingerprint density at radius 3 is 2.68 bits per heavy atom. The van der Waals surface area contributed by atoms with Crippen molar-refractivity contribution in [1.82, 2.24) is 9.55 Å². The lowest BCUT2D eigenvalue weighted by Gasteiger charge is -2.06. The molecule has 0 aliphatic rings. The van der Waals surface area contributed by atoms with Gasteiger partial charge in [-0.15, -0.1) is 11.3 Å². The van der Waals surface area contributed by atoms with E-state index in [1.165, 1.54) is 9.44 Å². The van der Waals surface area contributed by atoms with Crippen LogP contribution in [0.25, 0.3) is 21.3 Å². The summed E-state index contributed by atoms with van der Waals surface area (Å²) in [7, 11) is 1.57. The predicted molar refractivity (Wildman–Crippen MR) is 93.4 cm³/mol. The van der Waals surface area contributed by atoms with Crippen LogP contribution in [0, 0.1) is 0 Å². The second kappa shape index (κ2) is 6.32. The summed E-state index contributed by atoms with van der Waals surface area (Å²) in [6.45, 7) is 2.31. The lowest BCUT2D eigenvalue weighted by Crippen LogP contribution is -2.21. The Labute approximate surface area is 140 Å². The van der Waals surface area contributed by atoms with Crippen molar-refractivity contribution in [3.8, 4) is 11.1 Å². The number of ether oxygens (including phenoxy) is 1. The Kier molecular flexibility index (Phi) is 4.42. The van der Waals surface area contributed by atoms with Crippen molar-refractivity contribution in [3.05, 3.63) is 50.3 Å². The van der Waals surface area contributed by atoms with E-state index in [-0.39, 0.29) is 12.3 Å². The van der Waals surface area contributed by atoms with Crippen LogP contribution in [0.4, 0.5) is 0 Å². The number of hydrogen-bond donors (Lipinski definition) is 0. The Bertz CT molecular complexity index is 868. The molecular weight excluding hydrogens is 364 g/mol. The summed E-state index contributed by atoms with van der Waals surface area (Å²) < 4.78 is 7.59. The van der Waals surface area contributed by atoms with Crippen LogP contribution in [0.2, 0.25) is 0 Å². The van der Waals surface area contributed by atoms with E-state index in [2.05, 4.69) is 27.8 Å². The van der Waals surface area contributed by atoms with Crippen molar-refractivity contribution in [2.45, 2.75) is 20.1 Å². The first-order valence-corrected chi connectivity index (χ1v) is 8.52. The average Bonchev–Trinajstić information content (AvgIpc) is 2.90. The van der Waals surface area contributed by atoms with Crippen LogP contribution < -0.4 is 5.56 Å². The zero-order valence-electron chi connectivity index (χ0n) is 12.3. The second-order valence-electron chi connectivity index (χ2n) is 4.88. The van der Waals surface area contributed by atoms with Gasteiger partial charge in [0.1, 0.15) is 17.9 Å². The third kappa shape index (κ3) is 2.62. The molecule has 0 aliphatic heterocycles. The van der Waals surface area contributed by atoms with Crippen molar-refractivity contribution in [2.75, 3.05) is 7.11 Å². The normalized spacial score (nSPS) is 11.2. The summed E-state index contributed by atoms with van der Waals surface area (Å²) in [6.07, 6.45) is 2.42. The van der Waals surface area contributed by atoms with Gasteiger partial charge in [-0.2, -0.15) is 0 Å². The van der Waals surface area contributed by atoms with Gasteiger partial charge in [0.25, 0.3) is 5.56 Å². The monoisotopic (exact) mass is 378 g/mol. The topological polar surface area (TPSA) is 44.1 Å². The summed E-state index contributed by atoms with van der Waals surface area (Å²) in [5.41, 5.74) is 1.99. The number of methoxy groups -OCH3 is 1. The van der Waals surface area contributed by atoms with E-state index in [0.717, 1.165) is 26.9 Å². The van der Waals surface area contributed by atoms with Gasteiger partial charge in [0.05, 0.1) is 5.39 Å². The van der Waals surface area contributed by atoms with Gasteiger partial charge >= 0.3 is 0 Å². The molecule has 0 saturated carbocycles. The molecule has 22 heavy (non-hydrogen) atoms. The predicted octanol–water partition coefficient (Wildman–Crippen LogP) is 4.05. The largest absolute Gasteiger partial charge is 0.364 e. The van der Waals surface area contributed by atoms with Crippen LogP contribution in [-0.4, -0.2) is 16.7 Å². The van der Waals surface area contributed by atoms with Crippen molar-refractivity contribution in [2.24, 2.45) is 0 Å². The number of thiophene rings is 1. The molecule has 4 nitrogen and oxygen atoms in total. The lowest BCUT2D eigenvalue weighted by molar-refractivity contribution is 0.128. The highest BCUT2D eigenvalue weighted by Gasteiger charge is 2.18. The maximum absolute atomic E-state index is 12.7. The van der Waals surface area contributed by atoms with E-state index in [9.17, 15) is 4.79 Å². The summed E-state index contributed by atoms with van der Waals surface area (Å²) >= 11 is 5.04. The molecule has 6 heteroatoms. The number of rotatable bonds is 4. The molecule has 2 aromatic heterocycles. The number of aryl methyl sites for hydroxylation is 1. The summed E-state index contributed by atoms with van der Waals surface area (Å²) in [4.78, 5) is 19.1. The molecule has 0 amide bonds. The van der Waals surface area contributed by atoms with Crippen LogP contribution in [0.3, 0.4) is 0 Å². The summed E-state index contributed by atoms with van der Waals surface area (Å²) in [5.74, 6) is 0. The summed E-state index contributed by atoms with van der Waals surface area (Å²) in [5, 5.41) is 0.684. The highest BCUT2D eigenvalue weighted by Crippen LogP contribution is 2.36. The van der Waals surface area contributed by atoms with Crippen LogP contribution in [0.1, 0.15) is 11.8 Å². The number of benzene rings is 1. The second-order valence-corrected chi connectivity index (χ2v) is 6.88. The third-order valence-corrected chi connectivity index (χ3v) is 5.24. The van der Waals surface area contributed by atoms with Gasteiger partial charge < -0.3 is 4.74 Å². The quantitative estimate of drug-likeness (QED) is 0.687. The van der Waals surface area contributed by atoms with Crippen LogP contribution in [-0.2, 0) is 17.9 Å². The minimum Gasteiger partial charge on any atom is -0.364 e. The van der Waals surface area contributed by atoms with E-state index < -0.39 is 0 Å². The van der Waals surface area contributed by atoms with Gasteiger partial charge in [-0.05, 0) is 24.1 Å². The number of halogens is 1. The van der Waals surface area contributed by atoms with E-state index in [4.69, 9.17) is 4.74 Å². The van der Waals surface area contributed by atoms with Gasteiger partial charge in [-0.3, -0.25) is 9.36 Å². The third-order valence-electron chi connectivity index (χ3n) is 3.47. The van der Waals surface area contributed by atoms with Crippen molar-refractivity contribution in [1.29, 1.82) is 0 Å². The van der Waals surface area contributed by atoms with Crippen molar-refractivity contribution in [3.63, 3.8) is 0 Å². The molecule has 3 aromatic rings. The zero-order chi connectivity index (χ0) is 15.7. The van der Waals surface area contributed by atoms with Crippen LogP contribution >= 0.6 is 27.3 Å². The zero-order valence-corrected chi connectivity index (χ0v) is 14.7. The molecule has 0 atom stereocenters. The Balaban J connectivity index is 2.33. The first-order valence-electron chi connectivity index (χ1n) is 6.91. The number of aromatic nitrogens is 2. The first kappa shape index (κ1) is 15.4. The van der Waals surface area contributed by atoms with Gasteiger partial charge in [0.2, 0.25) is 0 Å². The molecular formula is C16H15BrN2O2S. The maximum atomic E-state index is 12.7. The van der Waals surface area contributed by atoms with Gasteiger partial charge in [0.15, 0.2) is 0 Å². The Hall–Kier alpha value is -1.50. The number of hydrogen-bond acceptors (Lipinski definition) is 4. The van der Waals surface area contributed by atoms with Crippen LogP contribution in [0.15, 0.2) is 39.9 Å². The van der Waals surface area contributed by atoms with Gasteiger partial charge in [0, 0.05) is 22.0 Å². The smallest absolute Gasteiger partial charge is 0.264 e. The lowest BCUT2D eigenvalue weighted by atomic mass is 10.0. The van der Waals surface area contributed by atoms with E-state index in [0.29, 0.717) is 5.39 Å². The highest BCUT2D eigenvalue weighted by molar-refractivity contribution is 9.10. The van der Waals surface area contributed by atoms with E-state index in [1.54, 1.807) is 24.8 Å². The molecule has 3 rings (SSSR count). The minimum absolute atomic E-state index is 0.0549. The fraction of sp³-hybridized carbons (Fsp3) is 0.250. The molecule has 0 radical (unpaired) electrons.